The van der Waals surface area contributed by atoms with Crippen molar-refractivity contribution in [2.24, 2.45) is 0 Å². The third kappa shape index (κ3) is 4.65. The molecule has 128 valence electrons. The van der Waals surface area contributed by atoms with Crippen LogP contribution in [-0.4, -0.2) is 34.5 Å². The Morgan fingerprint density at radius 2 is 1.88 bits per heavy atom. The van der Waals surface area contributed by atoms with Gasteiger partial charge in [0.1, 0.15) is 5.82 Å². The van der Waals surface area contributed by atoms with Gasteiger partial charge in [-0.25, -0.2) is 4.39 Å². The number of halogens is 1. The van der Waals surface area contributed by atoms with Gasteiger partial charge in [-0.3, -0.25) is 9.11 Å². The fourth-order valence-electron chi connectivity index (χ4n) is 3.11. The molecule has 0 radical (unpaired) electrons. The molecule has 1 aliphatic rings. The molecular formula is C19H23FN2OS. The Hall–Kier alpha value is -1.72. The van der Waals surface area contributed by atoms with Gasteiger partial charge in [0.05, 0.1) is 0 Å². The largest absolute Gasteiger partial charge is 0.382 e. The average Bonchev–Trinajstić information content (AvgIpc) is 2.57. The monoisotopic (exact) mass is 346 g/mol. The summed E-state index contributed by atoms with van der Waals surface area (Å²) in [7, 11) is -0.931. The smallest absolute Gasteiger partial charge is 0.123 e. The quantitative estimate of drug-likeness (QED) is 0.897. The molecule has 24 heavy (non-hydrogen) atoms. The summed E-state index contributed by atoms with van der Waals surface area (Å²) in [6, 6.07) is 15.1. The van der Waals surface area contributed by atoms with E-state index in [1.165, 1.54) is 6.07 Å². The molecule has 0 bridgehead atoms. The van der Waals surface area contributed by atoms with E-state index in [0.29, 0.717) is 6.04 Å². The second-order valence-corrected chi connectivity index (χ2v) is 7.68. The lowest BCUT2D eigenvalue weighted by Crippen LogP contribution is -2.38. The maximum absolute atomic E-state index is 13.3. The molecule has 3 nitrogen and oxygen atoms in total. The fraction of sp³-hybridized carbons (Fsp3) is 0.368. The second-order valence-electron chi connectivity index (χ2n) is 6.30. The number of rotatable bonds is 5. The summed E-state index contributed by atoms with van der Waals surface area (Å²) in [6.07, 6.45) is 3.82. The number of hydrogen-bond acceptors (Lipinski definition) is 3. The van der Waals surface area contributed by atoms with Crippen LogP contribution < -0.4 is 5.32 Å². The number of anilines is 1. The van der Waals surface area contributed by atoms with E-state index in [9.17, 15) is 8.60 Å². The van der Waals surface area contributed by atoms with E-state index >= 15 is 0 Å². The number of likely N-dealkylation sites (tertiary alicyclic amines) is 1. The predicted molar refractivity (Wildman–Crippen MR) is 97.1 cm³/mol. The average molecular weight is 346 g/mol. The summed E-state index contributed by atoms with van der Waals surface area (Å²) in [6.45, 7) is 2.82. The van der Waals surface area contributed by atoms with E-state index in [-0.39, 0.29) is 5.82 Å². The Morgan fingerprint density at radius 1 is 1.17 bits per heavy atom. The van der Waals surface area contributed by atoms with Gasteiger partial charge in [0, 0.05) is 53.3 Å². The molecule has 2 aromatic rings. The van der Waals surface area contributed by atoms with E-state index in [2.05, 4.69) is 10.2 Å². The van der Waals surface area contributed by atoms with Crippen LogP contribution in [0.25, 0.3) is 0 Å². The summed E-state index contributed by atoms with van der Waals surface area (Å²) in [5.74, 6) is -0.166. The van der Waals surface area contributed by atoms with Crippen LogP contribution in [0.1, 0.15) is 18.4 Å². The minimum Gasteiger partial charge on any atom is -0.382 e. The summed E-state index contributed by atoms with van der Waals surface area (Å²) < 4.78 is 24.7. The Kier molecular flexibility index (Phi) is 5.63. The first-order chi connectivity index (χ1) is 11.6. The molecule has 0 spiro atoms. The predicted octanol–water partition coefficient (Wildman–Crippen LogP) is 3.64. The summed E-state index contributed by atoms with van der Waals surface area (Å²) in [5.41, 5.74) is 2.11. The van der Waals surface area contributed by atoms with Crippen LogP contribution in [0.15, 0.2) is 53.4 Å². The van der Waals surface area contributed by atoms with Gasteiger partial charge in [0.25, 0.3) is 0 Å². The number of piperidine rings is 1. The summed E-state index contributed by atoms with van der Waals surface area (Å²) >= 11 is 0. The lowest BCUT2D eigenvalue weighted by molar-refractivity contribution is 0.211. The van der Waals surface area contributed by atoms with Crippen LogP contribution in [0.3, 0.4) is 0 Å². The van der Waals surface area contributed by atoms with Gasteiger partial charge < -0.3 is 5.32 Å². The molecule has 5 heteroatoms. The van der Waals surface area contributed by atoms with Crippen molar-refractivity contribution in [1.29, 1.82) is 0 Å². The van der Waals surface area contributed by atoms with Crippen molar-refractivity contribution < 1.29 is 8.60 Å². The SMILES string of the molecule is CS(=O)c1ccc(NC2CCN(Cc3cccc(F)c3)CC2)cc1. The number of nitrogens with one attached hydrogen (secondary N) is 1. The normalized spacial score (nSPS) is 17.6. The van der Waals surface area contributed by atoms with Gasteiger partial charge in [-0.1, -0.05) is 12.1 Å². The molecule has 1 N–H and O–H groups in total. The van der Waals surface area contributed by atoms with Crippen LogP contribution in [0, 0.1) is 5.82 Å². The highest BCUT2D eigenvalue weighted by molar-refractivity contribution is 7.84. The van der Waals surface area contributed by atoms with Crippen molar-refractivity contribution in [3.8, 4) is 0 Å². The van der Waals surface area contributed by atoms with Crippen LogP contribution in [0.5, 0.6) is 0 Å². The Morgan fingerprint density at radius 3 is 2.50 bits per heavy atom. The molecule has 3 rings (SSSR count). The van der Waals surface area contributed by atoms with E-state index in [1.807, 2.05) is 30.3 Å². The molecule has 1 fully saturated rings. The lowest BCUT2D eigenvalue weighted by atomic mass is 10.0. The zero-order valence-electron chi connectivity index (χ0n) is 13.9. The Balaban J connectivity index is 1.49. The van der Waals surface area contributed by atoms with Gasteiger partial charge in [0.2, 0.25) is 0 Å². The molecule has 1 aliphatic heterocycles. The van der Waals surface area contributed by atoms with E-state index in [1.54, 1.807) is 18.4 Å². The molecule has 1 saturated heterocycles. The maximum Gasteiger partial charge on any atom is 0.123 e. The van der Waals surface area contributed by atoms with Crippen LogP contribution in [-0.2, 0) is 17.3 Å². The minimum atomic E-state index is -0.931. The zero-order valence-corrected chi connectivity index (χ0v) is 14.7. The first-order valence-electron chi connectivity index (χ1n) is 8.27. The molecule has 1 unspecified atom stereocenters. The van der Waals surface area contributed by atoms with Gasteiger partial charge in [-0.2, -0.15) is 0 Å². The van der Waals surface area contributed by atoms with Crippen LogP contribution >= 0.6 is 0 Å². The zero-order chi connectivity index (χ0) is 16.9. The molecule has 0 saturated carbocycles. The topological polar surface area (TPSA) is 32.3 Å². The standard InChI is InChI=1S/C19H23FN2OS/c1-24(23)19-7-5-17(6-8-19)21-18-9-11-22(12-10-18)14-15-3-2-4-16(20)13-15/h2-8,13,18,21H,9-12,14H2,1H3. The van der Waals surface area contributed by atoms with Crippen molar-refractivity contribution in [1.82, 2.24) is 4.90 Å². The highest BCUT2D eigenvalue weighted by Gasteiger charge is 2.19. The van der Waals surface area contributed by atoms with Crippen LogP contribution in [0.4, 0.5) is 10.1 Å². The summed E-state index contributed by atoms with van der Waals surface area (Å²) in [4.78, 5) is 3.22. The van der Waals surface area contributed by atoms with Gasteiger partial charge >= 0.3 is 0 Å². The van der Waals surface area contributed by atoms with Gasteiger partial charge in [-0.15, -0.1) is 0 Å². The molecule has 0 aromatic heterocycles. The molecule has 1 heterocycles. The summed E-state index contributed by atoms with van der Waals surface area (Å²) in [5, 5.41) is 3.55. The number of benzene rings is 2. The molecule has 2 aromatic carbocycles. The third-order valence-corrected chi connectivity index (χ3v) is 5.38. The van der Waals surface area contributed by atoms with Crippen molar-refractivity contribution in [2.45, 2.75) is 30.3 Å². The molecular weight excluding hydrogens is 323 g/mol. The van der Waals surface area contributed by atoms with Crippen molar-refractivity contribution >= 4 is 16.5 Å². The Bertz CT molecular complexity index is 697. The Labute approximate surface area is 145 Å². The lowest BCUT2D eigenvalue weighted by Gasteiger charge is -2.33. The second kappa shape index (κ2) is 7.90. The number of nitrogens with zero attached hydrogens (tertiary/aromatic N) is 1. The van der Waals surface area contributed by atoms with Gasteiger partial charge in [0.15, 0.2) is 0 Å². The first kappa shape index (κ1) is 17.1. The fourth-order valence-corrected chi connectivity index (χ4v) is 3.63. The van der Waals surface area contributed by atoms with Crippen molar-refractivity contribution in [3.63, 3.8) is 0 Å². The van der Waals surface area contributed by atoms with E-state index in [0.717, 1.165) is 48.6 Å². The first-order valence-corrected chi connectivity index (χ1v) is 9.83. The van der Waals surface area contributed by atoms with Crippen LogP contribution in [0.2, 0.25) is 0 Å². The highest BCUT2D eigenvalue weighted by Crippen LogP contribution is 2.19. The van der Waals surface area contributed by atoms with E-state index in [4.69, 9.17) is 0 Å². The molecule has 0 aliphatic carbocycles. The van der Waals surface area contributed by atoms with Gasteiger partial charge in [-0.05, 0) is 54.8 Å². The molecule has 1 atom stereocenters. The maximum atomic E-state index is 13.3. The minimum absolute atomic E-state index is 0.166. The van der Waals surface area contributed by atoms with E-state index < -0.39 is 10.8 Å². The van der Waals surface area contributed by atoms with Crippen molar-refractivity contribution in [3.05, 3.63) is 59.9 Å². The molecule has 0 amide bonds. The number of hydrogen-bond donors (Lipinski definition) is 1. The highest BCUT2D eigenvalue weighted by atomic mass is 32.2. The third-order valence-electron chi connectivity index (χ3n) is 4.44. The van der Waals surface area contributed by atoms with Crippen molar-refractivity contribution in [2.75, 3.05) is 24.7 Å².